The van der Waals surface area contributed by atoms with Crippen molar-refractivity contribution in [3.05, 3.63) is 59.9 Å². The summed E-state index contributed by atoms with van der Waals surface area (Å²) in [5.74, 6) is -0.371. The van der Waals surface area contributed by atoms with E-state index in [0.717, 1.165) is 25.7 Å². The topological polar surface area (TPSA) is 74.8 Å². The average molecular weight is 439 g/mol. The maximum atomic E-state index is 13.2. The standard InChI is InChI=1S/C20H23FN2O4S2/c21-17-5-3-16(4-6-17)15-23(18-7-8-18)29(26,27)20-11-9-19(10-12-20)28(24,25)22-13-1-2-14-22/h3-6,9-12,18H,1-2,7-8,13-15H2. The molecule has 2 aromatic carbocycles. The third-order valence-electron chi connectivity index (χ3n) is 5.34. The molecule has 6 nitrogen and oxygen atoms in total. The Morgan fingerprint density at radius 3 is 1.97 bits per heavy atom. The first-order chi connectivity index (χ1) is 13.8. The fourth-order valence-corrected chi connectivity index (χ4v) is 6.73. The minimum atomic E-state index is -3.80. The highest BCUT2D eigenvalue weighted by Crippen LogP contribution is 2.34. The van der Waals surface area contributed by atoms with Crippen molar-refractivity contribution >= 4 is 20.0 Å². The summed E-state index contributed by atoms with van der Waals surface area (Å²) in [4.78, 5) is 0.168. The molecular formula is C20H23FN2O4S2. The van der Waals surface area contributed by atoms with Gasteiger partial charge in [-0.2, -0.15) is 8.61 Å². The highest BCUT2D eigenvalue weighted by atomic mass is 32.2. The lowest BCUT2D eigenvalue weighted by atomic mass is 10.2. The largest absolute Gasteiger partial charge is 0.243 e. The molecule has 9 heteroatoms. The Balaban J connectivity index is 1.59. The number of hydrogen-bond acceptors (Lipinski definition) is 4. The van der Waals surface area contributed by atoms with Gasteiger partial charge in [0.15, 0.2) is 0 Å². The van der Waals surface area contributed by atoms with Crippen molar-refractivity contribution in [3.8, 4) is 0 Å². The van der Waals surface area contributed by atoms with Gasteiger partial charge in [-0.25, -0.2) is 21.2 Å². The van der Waals surface area contributed by atoms with E-state index in [1.807, 2.05) is 0 Å². The first-order valence-corrected chi connectivity index (χ1v) is 12.5. The second-order valence-corrected chi connectivity index (χ2v) is 11.3. The maximum absolute atomic E-state index is 13.2. The smallest absolute Gasteiger partial charge is 0.207 e. The van der Waals surface area contributed by atoms with Gasteiger partial charge >= 0.3 is 0 Å². The van der Waals surface area contributed by atoms with Crippen LogP contribution in [0, 0.1) is 5.82 Å². The van der Waals surface area contributed by atoms with E-state index in [-0.39, 0.29) is 28.2 Å². The molecule has 4 rings (SSSR count). The van der Waals surface area contributed by atoms with Crippen LogP contribution in [-0.4, -0.2) is 44.6 Å². The van der Waals surface area contributed by atoms with Gasteiger partial charge in [0.05, 0.1) is 9.79 Å². The van der Waals surface area contributed by atoms with Gasteiger partial charge in [0, 0.05) is 25.7 Å². The molecule has 0 aromatic heterocycles. The quantitative estimate of drug-likeness (QED) is 0.666. The molecule has 1 aliphatic carbocycles. The second kappa shape index (κ2) is 7.79. The van der Waals surface area contributed by atoms with E-state index < -0.39 is 20.0 Å². The lowest BCUT2D eigenvalue weighted by molar-refractivity contribution is 0.398. The monoisotopic (exact) mass is 438 g/mol. The molecule has 156 valence electrons. The predicted molar refractivity (Wildman–Crippen MR) is 107 cm³/mol. The van der Waals surface area contributed by atoms with Gasteiger partial charge in [-0.3, -0.25) is 0 Å². The van der Waals surface area contributed by atoms with E-state index in [1.54, 1.807) is 12.1 Å². The van der Waals surface area contributed by atoms with Crippen molar-refractivity contribution in [1.82, 2.24) is 8.61 Å². The zero-order valence-electron chi connectivity index (χ0n) is 15.9. The lowest BCUT2D eigenvalue weighted by Gasteiger charge is -2.22. The zero-order valence-corrected chi connectivity index (χ0v) is 17.5. The molecule has 2 aliphatic rings. The van der Waals surface area contributed by atoms with Gasteiger partial charge < -0.3 is 0 Å². The molecule has 1 saturated heterocycles. The lowest BCUT2D eigenvalue weighted by Crippen LogP contribution is -2.32. The maximum Gasteiger partial charge on any atom is 0.243 e. The van der Waals surface area contributed by atoms with E-state index in [1.165, 1.54) is 45.0 Å². The number of hydrogen-bond donors (Lipinski definition) is 0. The fourth-order valence-electron chi connectivity index (χ4n) is 3.54. The van der Waals surface area contributed by atoms with Crippen LogP contribution in [0.2, 0.25) is 0 Å². The van der Waals surface area contributed by atoms with E-state index in [0.29, 0.717) is 18.7 Å². The van der Waals surface area contributed by atoms with Crippen LogP contribution in [0.15, 0.2) is 58.3 Å². The van der Waals surface area contributed by atoms with Crippen molar-refractivity contribution < 1.29 is 21.2 Å². The van der Waals surface area contributed by atoms with Crippen molar-refractivity contribution in [2.75, 3.05) is 13.1 Å². The third kappa shape index (κ3) is 4.23. The molecule has 0 amide bonds. The van der Waals surface area contributed by atoms with Crippen LogP contribution in [0.4, 0.5) is 4.39 Å². The van der Waals surface area contributed by atoms with Crippen molar-refractivity contribution in [2.45, 2.75) is 48.1 Å². The van der Waals surface area contributed by atoms with Crippen molar-refractivity contribution in [2.24, 2.45) is 0 Å². The van der Waals surface area contributed by atoms with Crippen LogP contribution in [0.5, 0.6) is 0 Å². The van der Waals surface area contributed by atoms with Gasteiger partial charge in [0.1, 0.15) is 5.82 Å². The normalized spacial score (nSPS) is 18.4. The summed E-state index contributed by atoms with van der Waals surface area (Å²) in [6, 6.07) is 11.1. The van der Waals surface area contributed by atoms with Gasteiger partial charge in [-0.1, -0.05) is 12.1 Å². The van der Waals surface area contributed by atoms with Crippen LogP contribution in [0.25, 0.3) is 0 Å². The molecule has 2 aromatic rings. The highest BCUT2D eigenvalue weighted by molar-refractivity contribution is 7.89. The SMILES string of the molecule is O=S(=O)(c1ccc(S(=O)(=O)N(Cc2ccc(F)cc2)C2CC2)cc1)N1CCCC1. The summed E-state index contributed by atoms with van der Waals surface area (Å²) >= 11 is 0. The third-order valence-corrected chi connectivity index (χ3v) is 9.16. The minimum Gasteiger partial charge on any atom is -0.207 e. The summed E-state index contributed by atoms with van der Waals surface area (Å²) < 4.78 is 67.7. The Morgan fingerprint density at radius 1 is 0.862 bits per heavy atom. The zero-order chi connectivity index (χ0) is 20.6. The molecule has 0 N–H and O–H groups in total. The average Bonchev–Trinajstić information content (AvgIpc) is 3.38. The van der Waals surface area contributed by atoms with Crippen LogP contribution in [0.3, 0.4) is 0 Å². The van der Waals surface area contributed by atoms with Crippen LogP contribution >= 0.6 is 0 Å². The molecule has 2 fully saturated rings. The molecule has 1 saturated carbocycles. The first kappa shape index (κ1) is 20.5. The summed E-state index contributed by atoms with van der Waals surface area (Å²) in [6.07, 6.45) is 3.24. The number of halogens is 1. The molecular weight excluding hydrogens is 415 g/mol. The van der Waals surface area contributed by atoms with Gasteiger partial charge in [-0.15, -0.1) is 0 Å². The van der Waals surface area contributed by atoms with E-state index in [9.17, 15) is 21.2 Å². The van der Waals surface area contributed by atoms with Gasteiger partial charge in [0.2, 0.25) is 20.0 Å². The Labute approximate surface area is 171 Å². The van der Waals surface area contributed by atoms with Crippen LogP contribution < -0.4 is 0 Å². The van der Waals surface area contributed by atoms with E-state index in [2.05, 4.69) is 0 Å². The molecule has 1 aliphatic heterocycles. The summed E-state index contributed by atoms with van der Waals surface area (Å²) in [5.41, 5.74) is 0.704. The van der Waals surface area contributed by atoms with Crippen LogP contribution in [-0.2, 0) is 26.6 Å². The number of rotatable bonds is 7. The molecule has 0 atom stereocenters. The Morgan fingerprint density at radius 2 is 1.41 bits per heavy atom. The molecule has 0 unspecified atom stereocenters. The van der Waals surface area contributed by atoms with E-state index in [4.69, 9.17) is 0 Å². The molecule has 1 heterocycles. The van der Waals surface area contributed by atoms with Crippen LogP contribution in [0.1, 0.15) is 31.2 Å². The summed E-state index contributed by atoms with van der Waals surface area (Å²) in [7, 11) is -7.38. The molecule has 0 bridgehead atoms. The Bertz CT molecular complexity index is 1070. The molecule has 0 spiro atoms. The predicted octanol–water partition coefficient (Wildman–Crippen LogP) is 2.96. The Kier molecular flexibility index (Phi) is 5.50. The Hall–Kier alpha value is -1.81. The summed E-state index contributed by atoms with van der Waals surface area (Å²) in [6.45, 7) is 1.14. The molecule has 0 radical (unpaired) electrons. The molecule has 29 heavy (non-hydrogen) atoms. The fraction of sp³-hybridized carbons (Fsp3) is 0.400. The van der Waals surface area contributed by atoms with Crippen molar-refractivity contribution in [1.29, 1.82) is 0 Å². The highest BCUT2D eigenvalue weighted by Gasteiger charge is 2.38. The van der Waals surface area contributed by atoms with E-state index >= 15 is 0 Å². The first-order valence-electron chi connectivity index (χ1n) is 9.65. The summed E-state index contributed by atoms with van der Waals surface area (Å²) in [5, 5.41) is 0. The number of benzene rings is 2. The minimum absolute atomic E-state index is 0.0619. The number of sulfonamides is 2. The van der Waals surface area contributed by atoms with Gasteiger partial charge in [-0.05, 0) is 67.6 Å². The van der Waals surface area contributed by atoms with Gasteiger partial charge in [0.25, 0.3) is 0 Å². The van der Waals surface area contributed by atoms with Crippen molar-refractivity contribution in [3.63, 3.8) is 0 Å². The number of nitrogens with zero attached hydrogens (tertiary/aromatic N) is 2. The second-order valence-electron chi connectivity index (χ2n) is 7.49.